The summed E-state index contributed by atoms with van der Waals surface area (Å²) in [5.74, 6) is 0. The van der Waals surface area contributed by atoms with Crippen molar-refractivity contribution in [1.82, 2.24) is 0 Å². The first-order chi connectivity index (χ1) is 35.7. The SMILES string of the molecule is CS1(C)c2cc3cc(N(c4ccccc4-c4ccccc4)c4cc5cc6c(cc5c5ccccc45)-c4c(ccc5oc7ccccc7c45)S6(C)C)c4ccccc4c3cc2-c2c1ccc1oc3ccccc3c21. The number of anilines is 3. The second-order valence-corrected chi connectivity index (χ2v) is 27.8. The molecule has 5 heteroatoms. The molecule has 3 nitrogen and oxygen atoms in total. The van der Waals surface area contributed by atoms with Crippen molar-refractivity contribution >= 4 is 124 Å². The highest BCUT2D eigenvalue weighted by molar-refractivity contribution is 8.33. The number of fused-ring (bicyclic) bond motifs is 20. The van der Waals surface area contributed by atoms with Gasteiger partial charge in [-0.2, -0.15) is 20.1 Å². The fourth-order valence-corrected chi connectivity index (χ4v) is 18.0. The van der Waals surface area contributed by atoms with Crippen molar-refractivity contribution in [3.8, 4) is 33.4 Å². The quantitative estimate of drug-likeness (QED) is 0.165. The Morgan fingerprint density at radius 3 is 1.23 bits per heavy atom. The second-order valence-electron chi connectivity index (χ2n) is 20.7. The predicted octanol–water partition coefficient (Wildman–Crippen LogP) is 20.2. The molecule has 0 fully saturated rings. The Morgan fingerprint density at radius 1 is 0.301 bits per heavy atom. The third-order valence-corrected chi connectivity index (χ3v) is 22.1. The van der Waals surface area contributed by atoms with E-state index in [2.05, 4.69) is 242 Å². The zero-order valence-corrected chi connectivity index (χ0v) is 42.4. The summed E-state index contributed by atoms with van der Waals surface area (Å²) in [5.41, 5.74) is 14.8. The molecular weight excluding hydrogens is 927 g/mol. The normalized spacial score (nSPS) is 15.1. The van der Waals surface area contributed by atoms with Crippen LogP contribution < -0.4 is 4.90 Å². The van der Waals surface area contributed by atoms with E-state index in [4.69, 9.17) is 8.83 Å². The van der Waals surface area contributed by atoms with E-state index in [0.29, 0.717) is 0 Å². The lowest BCUT2D eigenvalue weighted by atomic mass is 9.92. The van der Waals surface area contributed by atoms with Gasteiger partial charge in [0.1, 0.15) is 22.3 Å². The van der Waals surface area contributed by atoms with E-state index in [9.17, 15) is 0 Å². The number of rotatable bonds is 4. The molecule has 16 rings (SSSR count). The number of para-hydroxylation sites is 3. The topological polar surface area (TPSA) is 29.5 Å². The first kappa shape index (κ1) is 41.4. The summed E-state index contributed by atoms with van der Waals surface area (Å²) in [6.45, 7) is 0. The molecule has 0 atom stereocenters. The van der Waals surface area contributed by atoms with Crippen molar-refractivity contribution in [1.29, 1.82) is 0 Å². The van der Waals surface area contributed by atoms with Gasteiger partial charge in [-0.1, -0.05) is 133 Å². The molecule has 73 heavy (non-hydrogen) atoms. The van der Waals surface area contributed by atoms with Crippen LogP contribution in [0.15, 0.2) is 241 Å². The lowest BCUT2D eigenvalue weighted by Crippen LogP contribution is -2.13. The van der Waals surface area contributed by atoms with Gasteiger partial charge in [0.05, 0.1) is 17.1 Å². The van der Waals surface area contributed by atoms with Crippen LogP contribution in [0.3, 0.4) is 0 Å². The average Bonchev–Trinajstić information content (AvgIpc) is 4.16. The fourth-order valence-electron chi connectivity index (χ4n) is 13.0. The Labute approximate surface area is 425 Å². The Hall–Kier alpha value is -8.22. The molecule has 4 heterocycles. The van der Waals surface area contributed by atoms with Crippen LogP contribution in [0, 0.1) is 0 Å². The Kier molecular flexibility index (Phi) is 8.34. The lowest BCUT2D eigenvalue weighted by Gasteiger charge is -2.32. The van der Waals surface area contributed by atoms with Gasteiger partial charge in [0.25, 0.3) is 0 Å². The Morgan fingerprint density at radius 2 is 0.726 bits per heavy atom. The largest absolute Gasteiger partial charge is 0.456 e. The minimum atomic E-state index is -1.39. The molecule has 14 aromatic rings. The molecule has 348 valence electrons. The molecule has 0 aliphatic carbocycles. The molecule has 0 amide bonds. The molecular formula is C68H47NO2S2. The van der Waals surface area contributed by atoms with Crippen LogP contribution in [0.2, 0.25) is 0 Å². The molecule has 2 aromatic heterocycles. The molecule has 0 saturated carbocycles. The van der Waals surface area contributed by atoms with Gasteiger partial charge in [-0.25, -0.2) is 0 Å². The summed E-state index contributed by atoms with van der Waals surface area (Å²) in [6, 6.07) is 79.3. The highest BCUT2D eigenvalue weighted by Gasteiger charge is 2.37. The van der Waals surface area contributed by atoms with E-state index in [1.54, 1.807) is 0 Å². The highest BCUT2D eigenvalue weighted by Crippen LogP contribution is 2.71. The maximum Gasteiger partial charge on any atom is 0.136 e. The number of furan rings is 2. The second kappa shape index (κ2) is 14.7. The van der Waals surface area contributed by atoms with Gasteiger partial charge in [0, 0.05) is 68.6 Å². The van der Waals surface area contributed by atoms with Crippen LogP contribution in [-0.4, -0.2) is 25.0 Å². The van der Waals surface area contributed by atoms with Crippen molar-refractivity contribution in [3.05, 3.63) is 212 Å². The standard InChI is InChI=1S/C68H47NO2S2/c1-72(2)61-32-30-59-65(48-25-13-16-28-57(48)70-59)67(61)52-38-50-41(36-63(52)72)34-55(46-23-10-8-21-44(46)50)69(54-27-15-12-20-43(54)40-18-6-5-7-19-40)56-35-42-37-64-53(39-51(42)45-22-9-11-24-47(45)56)68-62(73(64,3)4)33-31-60-66(68)49-26-14-17-29-58(49)71-60/h5-39H,1-4H3. The van der Waals surface area contributed by atoms with Crippen molar-refractivity contribution < 1.29 is 8.83 Å². The summed E-state index contributed by atoms with van der Waals surface area (Å²) in [6.07, 6.45) is 9.89. The van der Waals surface area contributed by atoms with Gasteiger partial charge in [0.2, 0.25) is 0 Å². The molecule has 0 bridgehead atoms. The van der Waals surface area contributed by atoms with E-state index in [1.807, 2.05) is 0 Å². The minimum Gasteiger partial charge on any atom is -0.456 e. The van der Waals surface area contributed by atoms with Crippen molar-refractivity contribution in [3.63, 3.8) is 0 Å². The van der Waals surface area contributed by atoms with Gasteiger partial charge in [-0.05, 0) is 153 Å². The first-order valence-corrected chi connectivity index (χ1v) is 29.9. The third-order valence-electron chi connectivity index (χ3n) is 16.3. The van der Waals surface area contributed by atoms with Crippen LogP contribution in [0.5, 0.6) is 0 Å². The number of hydrogen-bond donors (Lipinski definition) is 0. The summed E-state index contributed by atoms with van der Waals surface area (Å²) >= 11 is 0. The monoisotopic (exact) mass is 973 g/mol. The van der Waals surface area contributed by atoms with Gasteiger partial charge >= 0.3 is 0 Å². The Balaban J connectivity index is 0.991. The van der Waals surface area contributed by atoms with E-state index < -0.39 is 20.1 Å². The van der Waals surface area contributed by atoms with Crippen LogP contribution >= 0.6 is 20.1 Å². The minimum absolute atomic E-state index is 0.934. The predicted molar refractivity (Wildman–Crippen MR) is 314 cm³/mol. The van der Waals surface area contributed by atoms with Gasteiger partial charge in [-0.3, -0.25) is 0 Å². The summed E-state index contributed by atoms with van der Waals surface area (Å²) in [5, 5.41) is 14.6. The van der Waals surface area contributed by atoms with E-state index in [1.165, 1.54) is 118 Å². The number of benzene rings is 12. The average molecular weight is 974 g/mol. The first-order valence-electron chi connectivity index (χ1n) is 25.0. The smallest absolute Gasteiger partial charge is 0.136 e. The maximum atomic E-state index is 6.52. The third kappa shape index (κ3) is 5.58. The van der Waals surface area contributed by atoms with Crippen molar-refractivity contribution in [2.45, 2.75) is 19.6 Å². The fraction of sp³-hybridized carbons (Fsp3) is 0.0588. The molecule has 0 spiro atoms. The molecule has 0 N–H and O–H groups in total. The molecule has 0 saturated heterocycles. The van der Waals surface area contributed by atoms with E-state index >= 15 is 0 Å². The maximum absolute atomic E-state index is 6.52. The van der Waals surface area contributed by atoms with Crippen LogP contribution in [0.4, 0.5) is 17.1 Å². The highest BCUT2D eigenvalue weighted by atomic mass is 32.3. The summed E-state index contributed by atoms with van der Waals surface area (Å²) in [7, 11) is -2.79. The Bertz CT molecular complexity index is 4490. The van der Waals surface area contributed by atoms with Crippen molar-refractivity contribution in [2.75, 3.05) is 29.9 Å². The zero-order valence-electron chi connectivity index (χ0n) is 40.8. The van der Waals surface area contributed by atoms with Gasteiger partial charge in [0.15, 0.2) is 0 Å². The van der Waals surface area contributed by atoms with E-state index in [-0.39, 0.29) is 0 Å². The van der Waals surface area contributed by atoms with Gasteiger partial charge < -0.3 is 13.7 Å². The summed E-state index contributed by atoms with van der Waals surface area (Å²) < 4.78 is 13.0. The lowest BCUT2D eigenvalue weighted by molar-refractivity contribution is 0.668. The van der Waals surface area contributed by atoms with Crippen molar-refractivity contribution in [2.24, 2.45) is 0 Å². The molecule has 2 aliphatic rings. The summed E-state index contributed by atoms with van der Waals surface area (Å²) in [4.78, 5) is 8.27. The van der Waals surface area contributed by atoms with E-state index in [0.717, 1.165) is 39.4 Å². The van der Waals surface area contributed by atoms with Crippen LogP contribution in [-0.2, 0) is 0 Å². The van der Waals surface area contributed by atoms with Crippen LogP contribution in [0.1, 0.15) is 0 Å². The molecule has 0 unspecified atom stereocenters. The number of nitrogens with zero attached hydrogens (tertiary/aromatic N) is 1. The molecule has 2 aliphatic heterocycles. The molecule has 0 radical (unpaired) electrons. The van der Waals surface area contributed by atoms with Gasteiger partial charge in [-0.15, -0.1) is 0 Å². The van der Waals surface area contributed by atoms with Crippen LogP contribution in [0.25, 0.3) is 120 Å². The number of hydrogen-bond acceptors (Lipinski definition) is 3. The molecule has 12 aromatic carbocycles. The zero-order chi connectivity index (χ0) is 48.5.